The zero-order chi connectivity index (χ0) is 15.1. The van der Waals surface area contributed by atoms with Crippen molar-refractivity contribution in [1.29, 1.82) is 0 Å². The molecule has 0 aliphatic carbocycles. The molecule has 2 rings (SSSR count). The molecule has 0 unspecified atom stereocenters. The number of alkyl halides is 3. The van der Waals surface area contributed by atoms with Crippen LogP contribution in [0.25, 0.3) is 11.2 Å². The van der Waals surface area contributed by atoms with Gasteiger partial charge in [0.2, 0.25) is 5.95 Å². The van der Waals surface area contributed by atoms with Crippen LogP contribution in [0.1, 0.15) is 6.42 Å². The fourth-order valence-corrected chi connectivity index (χ4v) is 1.73. The lowest BCUT2D eigenvalue weighted by molar-refractivity contribution is -0.131. The Bertz CT molecular complexity index is 755. The van der Waals surface area contributed by atoms with Crippen LogP contribution < -0.4 is 16.6 Å². The second kappa shape index (κ2) is 4.69. The fourth-order valence-electron chi connectivity index (χ4n) is 1.73. The number of aromatic nitrogens is 4. The van der Waals surface area contributed by atoms with Crippen LogP contribution in [0.4, 0.5) is 19.1 Å². The summed E-state index contributed by atoms with van der Waals surface area (Å²) in [5.41, 5.74) is -0.993. The molecule has 2 N–H and O–H groups in total. The maximum Gasteiger partial charge on any atom is 0.390 e. The molecule has 0 saturated carbocycles. The number of hydrogen-bond acceptors (Lipinski definition) is 4. The van der Waals surface area contributed by atoms with Gasteiger partial charge in [-0.1, -0.05) is 0 Å². The van der Waals surface area contributed by atoms with Gasteiger partial charge in [0.1, 0.15) is 0 Å². The van der Waals surface area contributed by atoms with Gasteiger partial charge < -0.3 is 10.3 Å². The number of hydrogen-bond donors (Lipinski definition) is 2. The average Bonchev–Trinajstić information content (AvgIpc) is 2.76. The molecule has 2 heterocycles. The van der Waals surface area contributed by atoms with Crippen molar-refractivity contribution in [1.82, 2.24) is 19.1 Å². The monoisotopic (exact) mass is 291 g/mol. The van der Waals surface area contributed by atoms with E-state index >= 15 is 0 Å². The summed E-state index contributed by atoms with van der Waals surface area (Å²) >= 11 is 0. The number of anilines is 1. The number of imidazole rings is 1. The van der Waals surface area contributed by atoms with E-state index in [2.05, 4.69) is 15.3 Å². The highest BCUT2D eigenvalue weighted by Gasteiger charge is 2.26. The SMILES string of the molecule is Cn1c(=O)c2[nH]c(NCCC(F)(F)F)nc2n(C)c1=O. The zero-order valence-electron chi connectivity index (χ0n) is 10.7. The van der Waals surface area contributed by atoms with Crippen molar-refractivity contribution in [3.8, 4) is 0 Å². The first-order valence-electron chi connectivity index (χ1n) is 5.67. The maximum atomic E-state index is 12.0. The summed E-state index contributed by atoms with van der Waals surface area (Å²) in [5.74, 6) is 0.0163. The molecule has 2 aromatic rings. The Morgan fingerprint density at radius 1 is 1.25 bits per heavy atom. The summed E-state index contributed by atoms with van der Waals surface area (Å²) in [6, 6.07) is 0. The van der Waals surface area contributed by atoms with Gasteiger partial charge in [0.25, 0.3) is 5.56 Å². The van der Waals surface area contributed by atoms with Crippen LogP contribution in [0, 0.1) is 0 Å². The Kier molecular flexibility index (Phi) is 3.32. The van der Waals surface area contributed by atoms with Gasteiger partial charge >= 0.3 is 11.9 Å². The second-order valence-electron chi connectivity index (χ2n) is 4.28. The largest absolute Gasteiger partial charge is 0.390 e. The first-order valence-corrected chi connectivity index (χ1v) is 5.67. The van der Waals surface area contributed by atoms with Gasteiger partial charge in [-0.15, -0.1) is 0 Å². The first-order chi connectivity index (χ1) is 9.20. The molecule has 0 radical (unpaired) electrons. The van der Waals surface area contributed by atoms with Crippen LogP contribution in [-0.4, -0.2) is 31.8 Å². The van der Waals surface area contributed by atoms with E-state index in [4.69, 9.17) is 0 Å². The number of halogens is 3. The Balaban J connectivity index is 2.35. The van der Waals surface area contributed by atoms with Gasteiger partial charge in [0.15, 0.2) is 11.2 Å². The van der Waals surface area contributed by atoms with Crippen molar-refractivity contribution in [3.63, 3.8) is 0 Å². The number of nitrogens with one attached hydrogen (secondary N) is 2. The zero-order valence-corrected chi connectivity index (χ0v) is 10.7. The van der Waals surface area contributed by atoms with Crippen LogP contribution >= 0.6 is 0 Å². The third-order valence-electron chi connectivity index (χ3n) is 2.80. The number of fused-ring (bicyclic) bond motifs is 1. The minimum atomic E-state index is -4.28. The van der Waals surface area contributed by atoms with E-state index < -0.39 is 23.8 Å². The molecule has 0 aliphatic rings. The van der Waals surface area contributed by atoms with Crippen molar-refractivity contribution >= 4 is 17.1 Å². The topological polar surface area (TPSA) is 84.7 Å². The maximum absolute atomic E-state index is 12.0. The summed E-state index contributed by atoms with van der Waals surface area (Å²) in [7, 11) is 2.73. The number of H-pyrrole nitrogens is 1. The third kappa shape index (κ3) is 2.53. The summed E-state index contributed by atoms with van der Waals surface area (Å²) < 4.78 is 38.1. The molecule has 0 bridgehead atoms. The molecule has 110 valence electrons. The molecule has 2 aromatic heterocycles. The smallest absolute Gasteiger partial charge is 0.355 e. The van der Waals surface area contributed by atoms with Gasteiger partial charge in [-0.3, -0.25) is 13.9 Å². The molecular formula is C10H12F3N5O2. The van der Waals surface area contributed by atoms with Crippen LogP contribution in [0.15, 0.2) is 9.59 Å². The normalized spacial score (nSPS) is 12.1. The van der Waals surface area contributed by atoms with Gasteiger partial charge in [-0.05, 0) is 0 Å². The molecule has 0 aliphatic heterocycles. The molecule has 0 aromatic carbocycles. The van der Waals surface area contributed by atoms with E-state index in [1.807, 2.05) is 0 Å². The molecule has 7 nitrogen and oxygen atoms in total. The molecule has 0 spiro atoms. The van der Waals surface area contributed by atoms with Gasteiger partial charge in [-0.2, -0.15) is 18.2 Å². The summed E-state index contributed by atoms with van der Waals surface area (Å²) in [5, 5.41) is 2.43. The standard InChI is InChI=1S/C10H12F3N5O2/c1-17-6-5(7(19)18(2)9(17)20)15-8(16-6)14-4-3-10(11,12)13/h3-4H2,1-2H3,(H2,14,15,16). The third-order valence-corrected chi connectivity index (χ3v) is 2.80. The lowest BCUT2D eigenvalue weighted by Crippen LogP contribution is -2.36. The van der Waals surface area contributed by atoms with E-state index in [0.717, 1.165) is 9.13 Å². The molecular weight excluding hydrogens is 279 g/mol. The van der Waals surface area contributed by atoms with Crippen molar-refractivity contribution < 1.29 is 13.2 Å². The van der Waals surface area contributed by atoms with Crippen molar-refractivity contribution in [2.24, 2.45) is 14.1 Å². The molecule has 0 fully saturated rings. The number of rotatable bonds is 3. The van der Waals surface area contributed by atoms with Crippen LogP contribution in [0.3, 0.4) is 0 Å². The highest BCUT2D eigenvalue weighted by atomic mass is 19.4. The van der Waals surface area contributed by atoms with Gasteiger partial charge in [-0.25, -0.2) is 4.79 Å². The minimum Gasteiger partial charge on any atom is -0.355 e. The first kappa shape index (κ1) is 14.2. The quantitative estimate of drug-likeness (QED) is 0.853. The molecule has 0 saturated heterocycles. The number of aromatic amines is 1. The highest BCUT2D eigenvalue weighted by molar-refractivity contribution is 5.72. The molecule has 0 atom stereocenters. The predicted molar refractivity (Wildman–Crippen MR) is 65.7 cm³/mol. The summed E-state index contributed by atoms with van der Waals surface area (Å²) in [6.45, 7) is -0.377. The van der Waals surface area contributed by atoms with E-state index in [1.165, 1.54) is 14.1 Å². The van der Waals surface area contributed by atoms with Crippen molar-refractivity contribution in [2.45, 2.75) is 12.6 Å². The Hall–Kier alpha value is -2.26. The minimum absolute atomic E-state index is 0.0163. The van der Waals surface area contributed by atoms with Crippen LogP contribution in [-0.2, 0) is 14.1 Å². The number of aryl methyl sites for hydroxylation is 1. The molecule has 20 heavy (non-hydrogen) atoms. The Labute approximate surface area is 110 Å². The van der Waals surface area contributed by atoms with Crippen molar-refractivity contribution in [3.05, 3.63) is 20.8 Å². The van der Waals surface area contributed by atoms with Crippen LogP contribution in [0.5, 0.6) is 0 Å². The average molecular weight is 291 g/mol. The van der Waals surface area contributed by atoms with Gasteiger partial charge in [0, 0.05) is 20.6 Å². The van der Waals surface area contributed by atoms with E-state index in [0.29, 0.717) is 0 Å². The molecule has 0 amide bonds. The van der Waals surface area contributed by atoms with Crippen molar-refractivity contribution in [2.75, 3.05) is 11.9 Å². The Morgan fingerprint density at radius 2 is 1.90 bits per heavy atom. The summed E-state index contributed by atoms with van der Waals surface area (Å²) in [4.78, 5) is 30.0. The summed E-state index contributed by atoms with van der Waals surface area (Å²) in [6.07, 6.45) is -5.30. The Morgan fingerprint density at radius 3 is 2.50 bits per heavy atom. The molecule has 10 heteroatoms. The fraction of sp³-hybridized carbons (Fsp3) is 0.500. The van der Waals surface area contributed by atoms with E-state index in [9.17, 15) is 22.8 Å². The number of nitrogens with zero attached hydrogens (tertiary/aromatic N) is 3. The lowest BCUT2D eigenvalue weighted by atomic mass is 10.4. The van der Waals surface area contributed by atoms with E-state index in [-0.39, 0.29) is 23.7 Å². The second-order valence-corrected chi connectivity index (χ2v) is 4.28. The van der Waals surface area contributed by atoms with Gasteiger partial charge in [0.05, 0.1) is 6.42 Å². The predicted octanol–water partition coefficient (Wildman–Crippen LogP) is 0.325. The van der Waals surface area contributed by atoms with Crippen LogP contribution in [0.2, 0.25) is 0 Å². The van der Waals surface area contributed by atoms with E-state index in [1.54, 1.807) is 0 Å². The lowest BCUT2D eigenvalue weighted by Gasteiger charge is -2.05. The highest BCUT2D eigenvalue weighted by Crippen LogP contribution is 2.19.